The van der Waals surface area contributed by atoms with E-state index >= 15 is 0 Å². The van der Waals surface area contributed by atoms with E-state index in [1.807, 2.05) is 0 Å². The zero-order chi connectivity index (χ0) is 15.7. The summed E-state index contributed by atoms with van der Waals surface area (Å²) in [7, 11) is 0. The van der Waals surface area contributed by atoms with Crippen molar-refractivity contribution < 1.29 is 13.6 Å². The Bertz CT molecular complexity index is 857. The summed E-state index contributed by atoms with van der Waals surface area (Å²) in [6.45, 7) is 1.82. The Morgan fingerprint density at radius 1 is 1.09 bits per heavy atom. The summed E-state index contributed by atoms with van der Waals surface area (Å²) in [6.07, 6.45) is 0. The van der Waals surface area contributed by atoms with E-state index in [1.54, 1.807) is 37.3 Å². The number of aryl methyl sites for hydroxylation is 1. The van der Waals surface area contributed by atoms with Crippen molar-refractivity contribution in [2.45, 2.75) is 13.5 Å². The van der Waals surface area contributed by atoms with Crippen LogP contribution in [0, 0.1) is 18.6 Å². The van der Waals surface area contributed by atoms with Crippen molar-refractivity contribution in [3.8, 4) is 0 Å². The van der Waals surface area contributed by atoms with E-state index in [-0.39, 0.29) is 24.1 Å². The van der Waals surface area contributed by atoms with E-state index in [9.17, 15) is 13.6 Å². The molecule has 1 amide bonds. The van der Waals surface area contributed by atoms with Gasteiger partial charge in [0.25, 0.3) is 5.91 Å². The molecule has 3 aromatic rings. The molecule has 1 aromatic heterocycles. The number of nitrogens with one attached hydrogen (secondary N) is 1. The smallest absolute Gasteiger partial charge is 0.261 e. The average molecular weight is 317 g/mol. The van der Waals surface area contributed by atoms with Gasteiger partial charge in [0.2, 0.25) is 0 Å². The quantitative estimate of drug-likeness (QED) is 0.761. The number of carbonyl (C=O) groups is 1. The first kappa shape index (κ1) is 14.7. The summed E-state index contributed by atoms with van der Waals surface area (Å²) in [6, 6.07) is 11.1. The molecule has 0 saturated carbocycles. The van der Waals surface area contributed by atoms with Gasteiger partial charge >= 0.3 is 0 Å². The molecule has 0 saturated heterocycles. The zero-order valence-corrected chi connectivity index (χ0v) is 12.6. The van der Waals surface area contributed by atoms with E-state index in [2.05, 4.69) is 5.32 Å². The number of benzene rings is 2. The predicted molar refractivity (Wildman–Crippen MR) is 84.1 cm³/mol. The molecule has 0 aliphatic heterocycles. The van der Waals surface area contributed by atoms with Crippen molar-refractivity contribution in [3.05, 3.63) is 70.1 Å². The highest BCUT2D eigenvalue weighted by atomic mass is 32.1. The van der Waals surface area contributed by atoms with Gasteiger partial charge in [-0.3, -0.25) is 4.79 Å². The van der Waals surface area contributed by atoms with E-state index in [0.717, 1.165) is 4.70 Å². The number of carbonyl (C=O) groups excluding carboxylic acids is 1. The molecular weight excluding hydrogens is 304 g/mol. The van der Waals surface area contributed by atoms with Crippen LogP contribution in [0.25, 0.3) is 10.1 Å². The van der Waals surface area contributed by atoms with E-state index < -0.39 is 0 Å². The second kappa shape index (κ2) is 5.85. The Kier molecular flexibility index (Phi) is 3.90. The minimum Gasteiger partial charge on any atom is -0.347 e. The summed E-state index contributed by atoms with van der Waals surface area (Å²) in [4.78, 5) is 12.7. The topological polar surface area (TPSA) is 29.1 Å². The fourth-order valence-electron chi connectivity index (χ4n) is 2.37. The van der Waals surface area contributed by atoms with Crippen LogP contribution in [0.2, 0.25) is 0 Å². The summed E-state index contributed by atoms with van der Waals surface area (Å²) >= 11 is 1.24. The second-order valence-electron chi connectivity index (χ2n) is 4.94. The zero-order valence-electron chi connectivity index (χ0n) is 11.8. The molecule has 1 heterocycles. The second-order valence-corrected chi connectivity index (χ2v) is 6.00. The lowest BCUT2D eigenvalue weighted by molar-refractivity contribution is 0.0954. The van der Waals surface area contributed by atoms with Gasteiger partial charge in [0.1, 0.15) is 11.6 Å². The maximum absolute atomic E-state index is 13.9. The van der Waals surface area contributed by atoms with Crippen LogP contribution < -0.4 is 5.32 Å². The van der Waals surface area contributed by atoms with Crippen LogP contribution in [-0.4, -0.2) is 5.91 Å². The molecule has 0 radical (unpaired) electrons. The van der Waals surface area contributed by atoms with E-state index in [1.165, 1.54) is 23.5 Å². The first-order valence-electron chi connectivity index (χ1n) is 6.77. The third-order valence-electron chi connectivity index (χ3n) is 3.51. The maximum Gasteiger partial charge on any atom is 0.261 e. The Balaban J connectivity index is 1.85. The molecular formula is C17H13F2NOS. The first-order chi connectivity index (χ1) is 10.6. The average Bonchev–Trinajstić information content (AvgIpc) is 2.85. The molecule has 22 heavy (non-hydrogen) atoms. The van der Waals surface area contributed by atoms with Crippen LogP contribution >= 0.6 is 11.3 Å². The van der Waals surface area contributed by atoms with Gasteiger partial charge in [-0.15, -0.1) is 11.3 Å². The number of halogens is 2. The van der Waals surface area contributed by atoms with Gasteiger partial charge in [-0.05, 0) is 30.7 Å². The lowest BCUT2D eigenvalue weighted by Gasteiger charge is -2.05. The molecule has 0 bridgehead atoms. The highest BCUT2D eigenvalue weighted by molar-refractivity contribution is 7.21. The molecule has 3 rings (SSSR count). The van der Waals surface area contributed by atoms with Crippen molar-refractivity contribution in [2.24, 2.45) is 0 Å². The fraction of sp³-hybridized carbons (Fsp3) is 0.118. The number of amides is 1. The Labute approximate surface area is 130 Å². The lowest BCUT2D eigenvalue weighted by Crippen LogP contribution is -2.23. The number of fused-ring (bicyclic) bond motifs is 1. The van der Waals surface area contributed by atoms with Gasteiger partial charge in [-0.2, -0.15) is 0 Å². The molecule has 1 N–H and O–H groups in total. The minimum absolute atomic E-state index is 0.0989. The van der Waals surface area contributed by atoms with Crippen molar-refractivity contribution in [2.75, 3.05) is 0 Å². The number of rotatable bonds is 3. The van der Waals surface area contributed by atoms with E-state index in [4.69, 9.17) is 0 Å². The standard InChI is InChI=1S/C17H13F2NOS/c1-10-15-13(19)7-4-8-14(15)22-16(10)17(21)20-9-11-5-2-3-6-12(11)18/h2-8H,9H2,1H3,(H,20,21). The summed E-state index contributed by atoms with van der Waals surface area (Å²) < 4.78 is 28.1. The minimum atomic E-state index is -0.359. The lowest BCUT2D eigenvalue weighted by atomic mass is 10.1. The summed E-state index contributed by atoms with van der Waals surface area (Å²) in [5, 5.41) is 3.16. The molecule has 2 aromatic carbocycles. The molecule has 5 heteroatoms. The normalized spacial score (nSPS) is 10.9. The van der Waals surface area contributed by atoms with Crippen molar-refractivity contribution in [1.29, 1.82) is 0 Å². The van der Waals surface area contributed by atoms with Crippen LogP contribution in [0.4, 0.5) is 8.78 Å². The predicted octanol–water partition coefficient (Wildman–Crippen LogP) is 4.42. The molecule has 2 nitrogen and oxygen atoms in total. The Morgan fingerprint density at radius 3 is 2.55 bits per heavy atom. The largest absolute Gasteiger partial charge is 0.347 e. The maximum atomic E-state index is 13.9. The fourth-order valence-corrected chi connectivity index (χ4v) is 3.51. The third-order valence-corrected chi connectivity index (χ3v) is 4.76. The van der Waals surface area contributed by atoms with Crippen LogP contribution in [0.15, 0.2) is 42.5 Å². The van der Waals surface area contributed by atoms with Gasteiger partial charge in [0, 0.05) is 22.2 Å². The van der Waals surface area contributed by atoms with Crippen LogP contribution in [0.3, 0.4) is 0 Å². The first-order valence-corrected chi connectivity index (χ1v) is 7.59. The van der Waals surface area contributed by atoms with Gasteiger partial charge in [0.05, 0.1) is 4.88 Å². The SMILES string of the molecule is Cc1c(C(=O)NCc2ccccc2F)sc2cccc(F)c12. The molecule has 112 valence electrons. The number of thiophene rings is 1. The molecule has 0 aliphatic carbocycles. The highest BCUT2D eigenvalue weighted by Crippen LogP contribution is 2.32. The van der Waals surface area contributed by atoms with Crippen molar-refractivity contribution in [1.82, 2.24) is 5.32 Å². The molecule has 0 atom stereocenters. The molecule has 0 fully saturated rings. The van der Waals surface area contributed by atoms with Crippen molar-refractivity contribution >= 4 is 27.3 Å². The highest BCUT2D eigenvalue weighted by Gasteiger charge is 2.17. The van der Waals surface area contributed by atoms with Gasteiger partial charge in [0.15, 0.2) is 0 Å². The van der Waals surface area contributed by atoms with Gasteiger partial charge < -0.3 is 5.32 Å². The Hall–Kier alpha value is -2.27. The van der Waals surface area contributed by atoms with Crippen LogP contribution in [-0.2, 0) is 6.54 Å². The van der Waals surface area contributed by atoms with Gasteiger partial charge in [-0.25, -0.2) is 8.78 Å². The van der Waals surface area contributed by atoms with E-state index in [0.29, 0.717) is 21.4 Å². The number of hydrogen-bond acceptors (Lipinski definition) is 2. The van der Waals surface area contributed by atoms with Crippen LogP contribution in [0.1, 0.15) is 20.8 Å². The molecule has 0 aliphatic rings. The third kappa shape index (κ3) is 2.60. The van der Waals surface area contributed by atoms with Gasteiger partial charge in [-0.1, -0.05) is 24.3 Å². The summed E-state index contributed by atoms with van der Waals surface area (Å²) in [5.74, 6) is -1.01. The summed E-state index contributed by atoms with van der Waals surface area (Å²) in [5.41, 5.74) is 1.03. The monoisotopic (exact) mass is 317 g/mol. The van der Waals surface area contributed by atoms with Crippen LogP contribution in [0.5, 0.6) is 0 Å². The van der Waals surface area contributed by atoms with Crippen molar-refractivity contribution in [3.63, 3.8) is 0 Å². The molecule has 0 spiro atoms. The Morgan fingerprint density at radius 2 is 1.82 bits per heavy atom. The molecule has 0 unspecified atom stereocenters. The number of hydrogen-bond donors (Lipinski definition) is 1.